The number of hydrogen-bond acceptors (Lipinski definition) is 5. The number of anilines is 1. The van der Waals surface area contributed by atoms with E-state index in [2.05, 4.69) is 5.32 Å². The molecule has 0 aliphatic heterocycles. The van der Waals surface area contributed by atoms with Crippen molar-refractivity contribution in [1.82, 2.24) is 0 Å². The van der Waals surface area contributed by atoms with E-state index in [0.29, 0.717) is 5.69 Å². The van der Waals surface area contributed by atoms with Crippen LogP contribution in [0.15, 0.2) is 42.5 Å². The summed E-state index contributed by atoms with van der Waals surface area (Å²) >= 11 is 5.97. The molecule has 1 N–H and O–H groups in total. The van der Waals surface area contributed by atoms with Gasteiger partial charge < -0.3 is 24.7 Å². The first-order valence-corrected chi connectivity index (χ1v) is 6.95. The Morgan fingerprint density at radius 1 is 1.22 bits per heavy atom. The summed E-state index contributed by atoms with van der Waals surface area (Å²) in [5, 5.41) is 13.5. The number of aromatic carboxylic acids is 1. The molecule has 0 aromatic heterocycles. The van der Waals surface area contributed by atoms with Gasteiger partial charge in [-0.15, -0.1) is 0 Å². The molecule has 0 spiro atoms. The largest absolute Gasteiger partial charge is 0.545 e. The van der Waals surface area contributed by atoms with E-state index in [-0.39, 0.29) is 28.7 Å². The number of ether oxygens (including phenoxy) is 2. The van der Waals surface area contributed by atoms with Crippen molar-refractivity contribution >= 4 is 29.2 Å². The van der Waals surface area contributed by atoms with Crippen LogP contribution in [0.4, 0.5) is 5.69 Å². The summed E-state index contributed by atoms with van der Waals surface area (Å²) in [6, 6.07) is 11.3. The van der Waals surface area contributed by atoms with Gasteiger partial charge in [0.05, 0.1) is 18.1 Å². The van der Waals surface area contributed by atoms with E-state index < -0.39 is 11.9 Å². The van der Waals surface area contributed by atoms with Crippen molar-refractivity contribution in [2.24, 2.45) is 0 Å². The Morgan fingerprint density at radius 2 is 1.91 bits per heavy atom. The second-order valence-corrected chi connectivity index (χ2v) is 4.89. The molecular formula is C16H13ClNO5-. The fourth-order valence-corrected chi connectivity index (χ4v) is 2.10. The van der Waals surface area contributed by atoms with E-state index in [1.165, 1.54) is 19.2 Å². The second kappa shape index (κ2) is 7.51. The predicted octanol–water partition coefficient (Wildman–Crippen LogP) is 1.73. The highest BCUT2D eigenvalue weighted by molar-refractivity contribution is 6.32. The SMILES string of the molecule is COc1cc(C(=O)[O-])cc(Cl)c1OCC(=O)Nc1ccccc1. The van der Waals surface area contributed by atoms with E-state index in [4.69, 9.17) is 21.1 Å². The van der Waals surface area contributed by atoms with E-state index in [9.17, 15) is 14.7 Å². The van der Waals surface area contributed by atoms with Gasteiger partial charge in [-0.2, -0.15) is 0 Å². The van der Waals surface area contributed by atoms with Gasteiger partial charge in [-0.05, 0) is 24.3 Å². The number of benzene rings is 2. The van der Waals surface area contributed by atoms with Crippen LogP contribution in [0.2, 0.25) is 5.02 Å². The smallest absolute Gasteiger partial charge is 0.262 e. The van der Waals surface area contributed by atoms with Crippen LogP contribution in [0.3, 0.4) is 0 Å². The fraction of sp³-hybridized carbons (Fsp3) is 0.125. The Kier molecular flexibility index (Phi) is 5.43. The van der Waals surface area contributed by atoms with Crippen LogP contribution < -0.4 is 19.9 Å². The van der Waals surface area contributed by atoms with Gasteiger partial charge >= 0.3 is 0 Å². The average Bonchev–Trinajstić information content (AvgIpc) is 2.53. The highest BCUT2D eigenvalue weighted by Gasteiger charge is 2.14. The maximum atomic E-state index is 11.8. The zero-order chi connectivity index (χ0) is 16.8. The van der Waals surface area contributed by atoms with Crippen molar-refractivity contribution in [3.8, 4) is 11.5 Å². The molecular weight excluding hydrogens is 322 g/mol. The van der Waals surface area contributed by atoms with Crippen LogP contribution in [0.1, 0.15) is 10.4 Å². The maximum absolute atomic E-state index is 11.8. The maximum Gasteiger partial charge on any atom is 0.262 e. The van der Waals surface area contributed by atoms with Crippen molar-refractivity contribution in [3.63, 3.8) is 0 Å². The number of para-hydroxylation sites is 1. The minimum atomic E-state index is -1.39. The molecule has 23 heavy (non-hydrogen) atoms. The van der Waals surface area contributed by atoms with Gasteiger partial charge in [0.15, 0.2) is 18.1 Å². The van der Waals surface area contributed by atoms with E-state index >= 15 is 0 Å². The molecule has 0 saturated heterocycles. The lowest BCUT2D eigenvalue weighted by molar-refractivity contribution is -0.255. The third-order valence-electron chi connectivity index (χ3n) is 2.87. The third-order valence-corrected chi connectivity index (χ3v) is 3.15. The summed E-state index contributed by atoms with van der Waals surface area (Å²) in [5.74, 6) is -1.59. The van der Waals surface area contributed by atoms with Gasteiger partial charge in [0, 0.05) is 11.3 Å². The molecule has 2 aromatic carbocycles. The number of carboxylic acid groups (broad SMARTS) is 1. The van der Waals surface area contributed by atoms with Gasteiger partial charge in [0.2, 0.25) is 0 Å². The van der Waals surface area contributed by atoms with E-state index in [1.54, 1.807) is 24.3 Å². The minimum absolute atomic E-state index is 0.0102. The Bertz CT molecular complexity index is 718. The van der Waals surface area contributed by atoms with Crippen molar-refractivity contribution in [2.45, 2.75) is 0 Å². The van der Waals surface area contributed by atoms with Crippen LogP contribution in [-0.4, -0.2) is 25.6 Å². The first-order chi connectivity index (χ1) is 11.0. The minimum Gasteiger partial charge on any atom is -0.545 e. The number of amides is 1. The van der Waals surface area contributed by atoms with E-state index in [0.717, 1.165) is 0 Å². The number of methoxy groups -OCH3 is 1. The van der Waals surface area contributed by atoms with Crippen molar-refractivity contribution in [2.75, 3.05) is 19.0 Å². The van der Waals surface area contributed by atoms with Crippen molar-refractivity contribution in [3.05, 3.63) is 53.1 Å². The van der Waals surface area contributed by atoms with Crippen LogP contribution in [-0.2, 0) is 4.79 Å². The molecule has 0 heterocycles. The number of carbonyl (C=O) groups is 2. The quantitative estimate of drug-likeness (QED) is 0.869. The average molecular weight is 335 g/mol. The highest BCUT2D eigenvalue weighted by atomic mass is 35.5. The standard InChI is InChI=1S/C16H14ClNO5/c1-22-13-8-10(16(20)21)7-12(17)15(13)23-9-14(19)18-11-5-3-2-4-6-11/h2-8H,9H2,1H3,(H,18,19)(H,20,21)/p-1. The first kappa shape index (κ1) is 16.6. The second-order valence-electron chi connectivity index (χ2n) is 4.48. The lowest BCUT2D eigenvalue weighted by atomic mass is 10.2. The highest BCUT2D eigenvalue weighted by Crippen LogP contribution is 2.36. The van der Waals surface area contributed by atoms with Crippen molar-refractivity contribution in [1.29, 1.82) is 0 Å². The molecule has 7 heteroatoms. The molecule has 0 radical (unpaired) electrons. The Labute approximate surface area is 137 Å². The summed E-state index contributed by atoms with van der Waals surface area (Å²) in [7, 11) is 1.33. The molecule has 0 fully saturated rings. The Hall–Kier alpha value is -2.73. The third kappa shape index (κ3) is 4.37. The predicted molar refractivity (Wildman–Crippen MR) is 82.9 cm³/mol. The molecule has 2 aromatic rings. The van der Waals surface area contributed by atoms with Gasteiger partial charge in [-0.25, -0.2) is 0 Å². The molecule has 0 atom stereocenters. The van der Waals surface area contributed by atoms with Crippen LogP contribution in [0.5, 0.6) is 11.5 Å². The summed E-state index contributed by atoms with van der Waals surface area (Å²) in [5.41, 5.74) is 0.486. The van der Waals surface area contributed by atoms with Gasteiger partial charge in [0.1, 0.15) is 0 Å². The lowest BCUT2D eigenvalue weighted by Crippen LogP contribution is -2.23. The first-order valence-electron chi connectivity index (χ1n) is 6.58. The molecule has 0 saturated carbocycles. The molecule has 0 aliphatic rings. The monoisotopic (exact) mass is 334 g/mol. The Balaban J connectivity index is 2.08. The van der Waals surface area contributed by atoms with Crippen molar-refractivity contribution < 1.29 is 24.2 Å². The molecule has 6 nitrogen and oxygen atoms in total. The number of carboxylic acids is 1. The molecule has 0 aliphatic carbocycles. The molecule has 0 unspecified atom stereocenters. The van der Waals surface area contributed by atoms with Gasteiger partial charge in [-0.3, -0.25) is 4.79 Å². The number of hydrogen-bond donors (Lipinski definition) is 1. The molecule has 0 bridgehead atoms. The fourth-order valence-electron chi connectivity index (χ4n) is 1.83. The lowest BCUT2D eigenvalue weighted by Gasteiger charge is -2.14. The zero-order valence-electron chi connectivity index (χ0n) is 12.2. The topological polar surface area (TPSA) is 87.7 Å². The summed E-state index contributed by atoms with van der Waals surface area (Å²) < 4.78 is 10.4. The van der Waals surface area contributed by atoms with Crippen LogP contribution in [0.25, 0.3) is 0 Å². The Morgan fingerprint density at radius 3 is 2.52 bits per heavy atom. The molecule has 120 valence electrons. The van der Waals surface area contributed by atoms with E-state index in [1.807, 2.05) is 6.07 Å². The number of nitrogens with one attached hydrogen (secondary N) is 1. The van der Waals surface area contributed by atoms with Gasteiger partial charge in [0.25, 0.3) is 5.91 Å². The normalized spacial score (nSPS) is 10.0. The van der Waals surface area contributed by atoms with Gasteiger partial charge in [-0.1, -0.05) is 29.8 Å². The van der Waals surface area contributed by atoms with Crippen LogP contribution >= 0.6 is 11.6 Å². The summed E-state index contributed by atoms with van der Waals surface area (Å²) in [6.07, 6.45) is 0. The number of rotatable bonds is 6. The number of carbonyl (C=O) groups excluding carboxylic acids is 2. The number of halogens is 1. The molecule has 1 amide bonds. The summed E-state index contributed by atoms with van der Waals surface area (Å²) in [4.78, 5) is 22.7. The molecule has 2 rings (SSSR count). The van der Waals surface area contributed by atoms with Crippen LogP contribution in [0, 0.1) is 0 Å². The zero-order valence-corrected chi connectivity index (χ0v) is 12.9. The summed E-state index contributed by atoms with van der Waals surface area (Å²) in [6.45, 7) is -0.310.